The van der Waals surface area contributed by atoms with Gasteiger partial charge in [-0.15, -0.1) is 0 Å². The lowest BCUT2D eigenvalue weighted by molar-refractivity contribution is 0.352. The third-order valence-corrected chi connectivity index (χ3v) is 5.55. The summed E-state index contributed by atoms with van der Waals surface area (Å²) < 4.78 is 0. The van der Waals surface area contributed by atoms with E-state index in [0.717, 1.165) is 57.0 Å². The first kappa shape index (κ1) is 16.5. The van der Waals surface area contributed by atoms with Gasteiger partial charge < -0.3 is 9.80 Å². The number of nitrogens with zero attached hydrogens (tertiary/aromatic N) is 5. The molecule has 25 heavy (non-hydrogen) atoms. The van der Waals surface area contributed by atoms with Gasteiger partial charge in [0.1, 0.15) is 11.6 Å². The number of aromatic nitrogens is 4. The van der Waals surface area contributed by atoms with Crippen molar-refractivity contribution >= 4 is 5.82 Å². The topological polar surface area (TPSA) is 60.9 Å². The first-order valence-corrected chi connectivity index (χ1v) is 9.43. The van der Waals surface area contributed by atoms with Crippen LogP contribution in [0.2, 0.25) is 0 Å². The van der Waals surface area contributed by atoms with Crippen molar-refractivity contribution in [3.05, 3.63) is 34.0 Å². The Morgan fingerprint density at radius 1 is 1.04 bits per heavy atom. The van der Waals surface area contributed by atoms with E-state index in [0.29, 0.717) is 0 Å². The summed E-state index contributed by atoms with van der Waals surface area (Å²) in [5, 5.41) is 7.87. The minimum absolute atomic E-state index is 0.810. The van der Waals surface area contributed by atoms with Crippen LogP contribution in [0.3, 0.4) is 0 Å². The van der Waals surface area contributed by atoms with Gasteiger partial charge in [-0.05, 0) is 51.6 Å². The molecule has 0 unspecified atom stereocenters. The largest absolute Gasteiger partial charge is 0.353 e. The Bertz CT molecular complexity index is 766. The van der Waals surface area contributed by atoms with Crippen molar-refractivity contribution in [2.45, 2.75) is 52.0 Å². The van der Waals surface area contributed by atoms with Crippen molar-refractivity contribution in [2.24, 2.45) is 0 Å². The standard InChI is InChI=1S/C19H28N6/c1-13-20-16-9-11-24(2)10-8-15(16)19(21-13)25(3)12-18-14-6-4-5-7-17(14)22-23-18/h4-12H2,1-3H3,(H,22,23). The predicted octanol–water partition coefficient (Wildman–Crippen LogP) is 2.05. The number of aryl methyl sites for hydroxylation is 2. The molecule has 0 fully saturated rings. The van der Waals surface area contributed by atoms with Crippen LogP contribution in [-0.2, 0) is 32.2 Å². The van der Waals surface area contributed by atoms with Gasteiger partial charge in [0.25, 0.3) is 0 Å². The molecule has 6 nitrogen and oxygen atoms in total. The molecular formula is C19H28N6. The number of H-pyrrole nitrogens is 1. The fourth-order valence-electron chi connectivity index (χ4n) is 4.11. The van der Waals surface area contributed by atoms with Crippen LogP contribution in [0.25, 0.3) is 0 Å². The molecule has 0 saturated carbocycles. The van der Waals surface area contributed by atoms with Crippen molar-refractivity contribution in [1.29, 1.82) is 0 Å². The number of hydrogen-bond donors (Lipinski definition) is 1. The lowest BCUT2D eigenvalue weighted by Gasteiger charge is -2.23. The molecule has 134 valence electrons. The van der Waals surface area contributed by atoms with Crippen LogP contribution in [-0.4, -0.2) is 52.3 Å². The zero-order valence-electron chi connectivity index (χ0n) is 15.6. The fraction of sp³-hybridized carbons (Fsp3) is 0.632. The number of nitrogens with one attached hydrogen (secondary N) is 1. The molecule has 0 amide bonds. The van der Waals surface area contributed by atoms with Gasteiger partial charge in [-0.1, -0.05) is 0 Å². The number of aromatic amines is 1. The summed E-state index contributed by atoms with van der Waals surface area (Å²) in [6, 6.07) is 0. The zero-order valence-corrected chi connectivity index (χ0v) is 15.6. The van der Waals surface area contributed by atoms with Gasteiger partial charge in [0.2, 0.25) is 0 Å². The second kappa shape index (κ2) is 6.75. The molecule has 4 rings (SSSR count). The summed E-state index contributed by atoms with van der Waals surface area (Å²) in [5.74, 6) is 1.96. The van der Waals surface area contributed by atoms with E-state index in [1.807, 2.05) is 6.92 Å². The van der Waals surface area contributed by atoms with Gasteiger partial charge in [-0.2, -0.15) is 5.10 Å². The third-order valence-electron chi connectivity index (χ3n) is 5.55. The van der Waals surface area contributed by atoms with Gasteiger partial charge in [0.15, 0.2) is 0 Å². The van der Waals surface area contributed by atoms with Crippen LogP contribution < -0.4 is 4.90 Å². The molecule has 0 spiro atoms. The van der Waals surface area contributed by atoms with E-state index in [-0.39, 0.29) is 0 Å². The van der Waals surface area contributed by atoms with E-state index in [1.54, 1.807) is 0 Å². The highest BCUT2D eigenvalue weighted by atomic mass is 15.2. The molecule has 1 aliphatic heterocycles. The Balaban J connectivity index is 1.63. The Kier molecular flexibility index (Phi) is 4.46. The van der Waals surface area contributed by atoms with Gasteiger partial charge in [0.05, 0.1) is 17.9 Å². The molecule has 0 atom stereocenters. The van der Waals surface area contributed by atoms with Crippen LogP contribution in [0, 0.1) is 6.92 Å². The van der Waals surface area contributed by atoms with E-state index < -0.39 is 0 Å². The van der Waals surface area contributed by atoms with Gasteiger partial charge in [0, 0.05) is 37.8 Å². The number of fused-ring (bicyclic) bond motifs is 2. The lowest BCUT2D eigenvalue weighted by atomic mass is 9.96. The highest BCUT2D eigenvalue weighted by molar-refractivity contribution is 5.50. The predicted molar refractivity (Wildman–Crippen MR) is 99.0 cm³/mol. The Labute approximate surface area is 149 Å². The minimum atomic E-state index is 0.810. The maximum Gasteiger partial charge on any atom is 0.135 e. The Morgan fingerprint density at radius 2 is 1.84 bits per heavy atom. The van der Waals surface area contributed by atoms with Gasteiger partial charge in [-0.3, -0.25) is 5.10 Å². The summed E-state index contributed by atoms with van der Waals surface area (Å²) in [6.45, 7) is 4.95. The monoisotopic (exact) mass is 340 g/mol. The average molecular weight is 340 g/mol. The van der Waals surface area contributed by atoms with Gasteiger partial charge in [-0.25, -0.2) is 9.97 Å². The molecule has 6 heteroatoms. The van der Waals surface area contributed by atoms with E-state index in [1.165, 1.54) is 41.1 Å². The van der Waals surface area contributed by atoms with Gasteiger partial charge >= 0.3 is 0 Å². The molecule has 0 bridgehead atoms. The molecule has 1 aliphatic carbocycles. The molecule has 0 aromatic carbocycles. The molecule has 2 aromatic heterocycles. The smallest absolute Gasteiger partial charge is 0.135 e. The second-order valence-corrected chi connectivity index (χ2v) is 7.51. The summed E-state index contributed by atoms with van der Waals surface area (Å²) >= 11 is 0. The Morgan fingerprint density at radius 3 is 2.72 bits per heavy atom. The van der Waals surface area contributed by atoms with Crippen molar-refractivity contribution in [1.82, 2.24) is 25.1 Å². The molecular weight excluding hydrogens is 312 g/mol. The SMILES string of the molecule is Cc1nc2c(c(N(C)Cc3n[nH]c4c3CCCC4)n1)CCN(C)CC2. The van der Waals surface area contributed by atoms with Crippen LogP contribution in [0.4, 0.5) is 5.82 Å². The normalized spacial score (nSPS) is 17.7. The first-order chi connectivity index (χ1) is 12.1. The lowest BCUT2D eigenvalue weighted by Crippen LogP contribution is -2.23. The molecule has 0 saturated heterocycles. The minimum Gasteiger partial charge on any atom is -0.353 e. The maximum absolute atomic E-state index is 4.80. The summed E-state index contributed by atoms with van der Waals surface area (Å²) in [4.78, 5) is 14.2. The third kappa shape index (κ3) is 3.27. The maximum atomic E-state index is 4.80. The van der Waals surface area contributed by atoms with Crippen molar-refractivity contribution in [3.8, 4) is 0 Å². The van der Waals surface area contributed by atoms with E-state index >= 15 is 0 Å². The summed E-state index contributed by atoms with van der Waals surface area (Å²) in [5.41, 5.74) is 6.52. The van der Waals surface area contributed by atoms with Crippen LogP contribution >= 0.6 is 0 Å². The first-order valence-electron chi connectivity index (χ1n) is 9.43. The number of likely N-dealkylation sites (N-methyl/N-ethyl adjacent to an activating group) is 1. The van der Waals surface area contributed by atoms with Crippen LogP contribution in [0.15, 0.2) is 0 Å². The van der Waals surface area contributed by atoms with E-state index in [9.17, 15) is 0 Å². The summed E-state index contributed by atoms with van der Waals surface area (Å²) in [6.07, 6.45) is 6.87. The molecule has 1 N–H and O–H groups in total. The summed E-state index contributed by atoms with van der Waals surface area (Å²) in [7, 11) is 4.33. The molecule has 3 heterocycles. The molecule has 2 aromatic rings. The highest BCUT2D eigenvalue weighted by Crippen LogP contribution is 2.27. The fourth-order valence-corrected chi connectivity index (χ4v) is 4.11. The Hall–Kier alpha value is -1.95. The quantitative estimate of drug-likeness (QED) is 0.927. The number of rotatable bonds is 3. The van der Waals surface area contributed by atoms with Crippen molar-refractivity contribution < 1.29 is 0 Å². The van der Waals surface area contributed by atoms with Crippen molar-refractivity contribution in [2.75, 3.05) is 32.1 Å². The van der Waals surface area contributed by atoms with Crippen LogP contribution in [0.5, 0.6) is 0 Å². The van der Waals surface area contributed by atoms with E-state index in [4.69, 9.17) is 9.97 Å². The number of hydrogen-bond acceptors (Lipinski definition) is 5. The number of anilines is 1. The zero-order chi connectivity index (χ0) is 17.4. The molecule has 0 radical (unpaired) electrons. The average Bonchev–Trinajstić information content (AvgIpc) is 2.91. The second-order valence-electron chi connectivity index (χ2n) is 7.51. The highest BCUT2D eigenvalue weighted by Gasteiger charge is 2.22. The van der Waals surface area contributed by atoms with Crippen molar-refractivity contribution in [3.63, 3.8) is 0 Å². The van der Waals surface area contributed by atoms with Crippen LogP contribution in [0.1, 0.15) is 46.9 Å². The van der Waals surface area contributed by atoms with E-state index in [2.05, 4.69) is 34.1 Å². The molecule has 2 aliphatic rings.